The number of carboxylic acids is 3. The van der Waals surface area contributed by atoms with Gasteiger partial charge in [0.1, 0.15) is 0 Å². The third-order valence-electron chi connectivity index (χ3n) is 8.98. The summed E-state index contributed by atoms with van der Waals surface area (Å²) in [6.07, 6.45) is 33.5. The predicted molar refractivity (Wildman–Crippen MR) is 182 cm³/mol. The third-order valence-corrected chi connectivity index (χ3v) is 8.98. The molecule has 0 aliphatic carbocycles. The molecule has 0 amide bonds. The molecule has 0 spiro atoms. The average molecular weight is 625 g/mol. The summed E-state index contributed by atoms with van der Waals surface area (Å²) in [5.74, 6) is -2.32. The van der Waals surface area contributed by atoms with Gasteiger partial charge in [0.2, 0.25) is 0 Å². The van der Waals surface area contributed by atoms with Crippen LogP contribution in [0, 0.1) is 0 Å². The summed E-state index contributed by atoms with van der Waals surface area (Å²) in [6, 6.07) is 0. The molecule has 0 radical (unpaired) electrons. The van der Waals surface area contributed by atoms with Gasteiger partial charge in [-0.2, -0.15) is 0 Å². The molecule has 7 nitrogen and oxygen atoms in total. The van der Waals surface area contributed by atoms with Crippen molar-refractivity contribution in [3.8, 4) is 0 Å². The minimum absolute atomic E-state index is 0.164. The van der Waals surface area contributed by atoms with E-state index in [-0.39, 0.29) is 19.3 Å². The van der Waals surface area contributed by atoms with E-state index in [2.05, 4.69) is 19.1 Å². The highest BCUT2D eigenvalue weighted by Gasteiger charge is 2.26. The van der Waals surface area contributed by atoms with Crippen molar-refractivity contribution in [3.63, 3.8) is 0 Å². The molecule has 0 unspecified atom stereocenters. The number of hydrogen-bond acceptors (Lipinski definition) is 3. The second-order valence-corrected chi connectivity index (χ2v) is 13.1. The molecule has 0 aromatic heterocycles. The van der Waals surface area contributed by atoms with Gasteiger partial charge in [-0.1, -0.05) is 115 Å². The highest BCUT2D eigenvalue weighted by atomic mass is 16.4. The maximum atomic E-state index is 11.0. The highest BCUT2D eigenvalue weighted by molar-refractivity contribution is 5.67. The van der Waals surface area contributed by atoms with E-state index < -0.39 is 17.9 Å². The summed E-state index contributed by atoms with van der Waals surface area (Å²) in [4.78, 5) is 33.0. The fourth-order valence-corrected chi connectivity index (χ4v) is 6.24. The van der Waals surface area contributed by atoms with Gasteiger partial charge in [-0.05, 0) is 51.4 Å². The molecule has 3 N–H and O–H groups in total. The van der Waals surface area contributed by atoms with Crippen molar-refractivity contribution in [2.24, 2.45) is 0 Å². The maximum Gasteiger partial charge on any atom is 0.303 e. The van der Waals surface area contributed by atoms with Gasteiger partial charge >= 0.3 is 17.9 Å². The van der Waals surface area contributed by atoms with Crippen LogP contribution in [0.5, 0.6) is 0 Å². The van der Waals surface area contributed by atoms with E-state index in [4.69, 9.17) is 15.3 Å². The predicted octanol–water partition coefficient (Wildman–Crippen LogP) is 10.2. The zero-order valence-electron chi connectivity index (χ0n) is 28.6. The minimum atomic E-state index is -0.775. The Bertz CT molecular complexity index is 668. The molecule has 7 heteroatoms. The molecule has 0 aromatic rings. The van der Waals surface area contributed by atoms with Crippen molar-refractivity contribution in [2.45, 2.75) is 180 Å². The molecule has 0 aromatic carbocycles. The van der Waals surface area contributed by atoms with E-state index in [1.165, 1.54) is 103 Å². The minimum Gasteiger partial charge on any atom is -0.481 e. The van der Waals surface area contributed by atoms with Gasteiger partial charge in [-0.15, -0.1) is 0 Å². The van der Waals surface area contributed by atoms with Crippen LogP contribution < -0.4 is 0 Å². The summed E-state index contributed by atoms with van der Waals surface area (Å²) in [7, 11) is 0. The molecule has 0 saturated carbocycles. The molecule has 0 heterocycles. The number of rotatable bonds is 35. The van der Waals surface area contributed by atoms with Gasteiger partial charge in [0, 0.05) is 25.7 Å². The number of nitrogens with zero attached hydrogens (tertiary/aromatic N) is 1. The Hall–Kier alpha value is -1.89. The zero-order valence-corrected chi connectivity index (χ0v) is 28.6. The first-order valence-electron chi connectivity index (χ1n) is 18.5. The number of hydrogen-bond donors (Lipinski definition) is 3. The van der Waals surface area contributed by atoms with Crippen molar-refractivity contribution >= 4 is 17.9 Å². The lowest BCUT2D eigenvalue weighted by molar-refractivity contribution is -0.928. The summed E-state index contributed by atoms with van der Waals surface area (Å²) < 4.78 is 0.822. The van der Waals surface area contributed by atoms with Crippen LogP contribution in [-0.4, -0.2) is 63.9 Å². The summed E-state index contributed by atoms with van der Waals surface area (Å²) in [5, 5.41) is 27.2. The highest BCUT2D eigenvalue weighted by Crippen LogP contribution is 2.19. The Morgan fingerprint density at radius 3 is 1.07 bits per heavy atom. The Balaban J connectivity index is 4.30. The number of aliphatic carboxylic acids is 3. The molecule has 0 bridgehead atoms. The number of allylic oxidation sites excluding steroid dienone is 1. The van der Waals surface area contributed by atoms with E-state index >= 15 is 0 Å². The summed E-state index contributed by atoms with van der Waals surface area (Å²) >= 11 is 0. The van der Waals surface area contributed by atoms with Gasteiger partial charge in [0.15, 0.2) is 0 Å². The first kappa shape index (κ1) is 42.1. The number of unbranched alkanes of at least 4 members (excludes halogenated alkanes) is 19. The first-order chi connectivity index (χ1) is 21.3. The molecule has 0 atom stereocenters. The number of carbonyl (C=O) groups is 3. The Morgan fingerprint density at radius 2 is 0.727 bits per heavy atom. The van der Waals surface area contributed by atoms with Crippen molar-refractivity contribution in [3.05, 3.63) is 12.2 Å². The monoisotopic (exact) mass is 625 g/mol. The zero-order chi connectivity index (χ0) is 32.6. The smallest absolute Gasteiger partial charge is 0.303 e. The van der Waals surface area contributed by atoms with Gasteiger partial charge in [-0.3, -0.25) is 14.4 Å². The fourth-order valence-electron chi connectivity index (χ4n) is 6.24. The Morgan fingerprint density at radius 1 is 0.409 bits per heavy atom. The molecular formula is C37H70NO6+. The van der Waals surface area contributed by atoms with Crippen LogP contribution in [0.4, 0.5) is 0 Å². The largest absolute Gasteiger partial charge is 0.481 e. The topological polar surface area (TPSA) is 112 Å². The number of carboxylic acid groups (broad SMARTS) is 3. The molecule has 0 aliphatic heterocycles. The quantitative estimate of drug-likeness (QED) is 0.0367. The molecule has 44 heavy (non-hydrogen) atoms. The van der Waals surface area contributed by atoms with Crippen LogP contribution in [0.3, 0.4) is 0 Å². The van der Waals surface area contributed by atoms with E-state index in [0.29, 0.717) is 19.3 Å². The average Bonchev–Trinajstić information content (AvgIpc) is 2.98. The first-order valence-corrected chi connectivity index (χ1v) is 18.5. The molecule has 0 saturated heterocycles. The standard InChI is InChI=1S/C37H69NO6/c1-2-3-4-5-6-7-8-9-10-11-12-13-14-15-16-17-18-19-20-24-31-38(32-25-21-28-35(39)40,33-26-22-29-36(41)42)34-27-23-30-37(43)44/h19-20H,2-18,21-34H2,1H3,(H2-,39,40,41,42,43,44)/p+1/b20-19+. The van der Waals surface area contributed by atoms with E-state index in [9.17, 15) is 14.4 Å². The van der Waals surface area contributed by atoms with E-state index in [1.54, 1.807) is 0 Å². The van der Waals surface area contributed by atoms with Crippen molar-refractivity contribution in [1.82, 2.24) is 0 Å². The molecule has 0 aliphatic rings. The van der Waals surface area contributed by atoms with Crippen LogP contribution >= 0.6 is 0 Å². The molecule has 0 rings (SSSR count). The second kappa shape index (κ2) is 31.1. The van der Waals surface area contributed by atoms with E-state index in [1.807, 2.05) is 0 Å². The SMILES string of the molecule is CCCCCCCCCCCCCCCCCC/C=C/CC[N+](CCCCC(=O)O)(CCCCC(=O)O)CCCCC(=O)O. The van der Waals surface area contributed by atoms with Crippen LogP contribution in [0.25, 0.3) is 0 Å². The van der Waals surface area contributed by atoms with Crippen molar-refractivity contribution < 1.29 is 34.2 Å². The van der Waals surface area contributed by atoms with Crippen molar-refractivity contribution in [1.29, 1.82) is 0 Å². The van der Waals surface area contributed by atoms with Crippen molar-refractivity contribution in [2.75, 3.05) is 26.2 Å². The number of quaternary nitrogens is 1. The normalized spacial score (nSPS) is 11.8. The Kier molecular flexibility index (Phi) is 29.8. The Labute approximate surface area is 270 Å². The lowest BCUT2D eigenvalue weighted by atomic mass is 10.0. The van der Waals surface area contributed by atoms with Gasteiger partial charge in [0.05, 0.1) is 26.2 Å². The third kappa shape index (κ3) is 30.1. The lowest BCUT2D eigenvalue weighted by Gasteiger charge is -2.39. The van der Waals surface area contributed by atoms with Crippen LogP contribution in [0.1, 0.15) is 180 Å². The van der Waals surface area contributed by atoms with Crippen LogP contribution in [0.2, 0.25) is 0 Å². The van der Waals surface area contributed by atoms with Gasteiger partial charge < -0.3 is 19.8 Å². The van der Waals surface area contributed by atoms with Gasteiger partial charge in [-0.25, -0.2) is 0 Å². The van der Waals surface area contributed by atoms with Crippen LogP contribution in [-0.2, 0) is 14.4 Å². The maximum absolute atomic E-state index is 11.0. The lowest BCUT2D eigenvalue weighted by Crippen LogP contribution is -2.50. The fraction of sp³-hybridized carbons (Fsp3) is 0.865. The summed E-state index contributed by atoms with van der Waals surface area (Å²) in [6.45, 7) is 5.79. The second-order valence-electron chi connectivity index (χ2n) is 13.1. The molecule has 0 fully saturated rings. The molecular weight excluding hydrogens is 554 g/mol. The molecule has 258 valence electrons. The van der Waals surface area contributed by atoms with Crippen LogP contribution in [0.15, 0.2) is 12.2 Å². The summed E-state index contributed by atoms with van der Waals surface area (Å²) in [5.41, 5.74) is 0. The van der Waals surface area contributed by atoms with Gasteiger partial charge in [0.25, 0.3) is 0 Å². The van der Waals surface area contributed by atoms with E-state index in [0.717, 1.165) is 62.8 Å².